The molecule has 0 heterocycles. The summed E-state index contributed by atoms with van der Waals surface area (Å²) in [6.45, 7) is 9.93. The third-order valence-corrected chi connectivity index (χ3v) is 6.00. The van der Waals surface area contributed by atoms with Crippen LogP contribution in [-0.4, -0.2) is 87.7 Å². The minimum atomic E-state index is -1.61. The smallest absolute Gasteiger partial charge is 0.326 e. The Kier molecular flexibility index (Phi) is 15.9. The molecule has 0 aromatic carbocycles. The molecule has 0 aromatic heterocycles. The molecule has 39 heavy (non-hydrogen) atoms. The van der Waals surface area contributed by atoms with Gasteiger partial charge < -0.3 is 42.3 Å². The molecule has 4 amide bonds. The molecule has 0 saturated heterocycles. The minimum absolute atomic E-state index is 0.0426. The van der Waals surface area contributed by atoms with Crippen molar-refractivity contribution in [2.24, 2.45) is 23.5 Å². The second-order valence-corrected chi connectivity index (χ2v) is 10.5. The lowest BCUT2D eigenvalue weighted by Gasteiger charge is -2.29. The number of carbonyl (C=O) groups excluding carboxylic acids is 4. The fourth-order valence-electron chi connectivity index (χ4n) is 3.63. The van der Waals surface area contributed by atoms with E-state index >= 15 is 0 Å². The summed E-state index contributed by atoms with van der Waals surface area (Å²) in [7, 11) is 0. The van der Waals surface area contributed by atoms with Crippen LogP contribution in [0.4, 0.5) is 0 Å². The molecule has 14 nitrogen and oxygen atoms in total. The van der Waals surface area contributed by atoms with Crippen LogP contribution < -0.4 is 27.0 Å². The van der Waals surface area contributed by atoms with E-state index in [-0.39, 0.29) is 24.7 Å². The lowest BCUT2D eigenvalue weighted by atomic mass is 9.96. The summed E-state index contributed by atoms with van der Waals surface area (Å²) in [5.41, 5.74) is 5.54. The second kappa shape index (κ2) is 17.4. The van der Waals surface area contributed by atoms with Gasteiger partial charge in [0.25, 0.3) is 0 Å². The summed E-state index contributed by atoms with van der Waals surface area (Å²) in [6.07, 6.45) is -0.123. The van der Waals surface area contributed by atoms with Gasteiger partial charge in [-0.2, -0.15) is 0 Å². The first-order valence-corrected chi connectivity index (χ1v) is 13.1. The van der Waals surface area contributed by atoms with Gasteiger partial charge in [0.15, 0.2) is 0 Å². The molecule has 0 aliphatic heterocycles. The van der Waals surface area contributed by atoms with E-state index in [0.29, 0.717) is 6.42 Å². The highest BCUT2D eigenvalue weighted by Crippen LogP contribution is 2.12. The molecule has 0 radical (unpaired) electrons. The molecule has 0 unspecified atom stereocenters. The molecule has 224 valence electrons. The van der Waals surface area contributed by atoms with Gasteiger partial charge in [0, 0.05) is 0 Å². The number of amides is 4. The molecule has 6 atom stereocenters. The summed E-state index contributed by atoms with van der Waals surface area (Å²) in [5, 5.41) is 37.5. The van der Waals surface area contributed by atoms with Crippen molar-refractivity contribution in [3.63, 3.8) is 0 Å². The zero-order valence-electron chi connectivity index (χ0n) is 23.5. The van der Waals surface area contributed by atoms with Gasteiger partial charge in [-0.25, -0.2) is 4.79 Å². The van der Waals surface area contributed by atoms with E-state index in [9.17, 15) is 39.0 Å². The highest BCUT2D eigenvalue weighted by molar-refractivity contribution is 5.96. The predicted molar refractivity (Wildman–Crippen MR) is 141 cm³/mol. The maximum Gasteiger partial charge on any atom is 0.326 e. The number of carboxylic acid groups (broad SMARTS) is 2. The van der Waals surface area contributed by atoms with Gasteiger partial charge in [-0.05, 0) is 30.6 Å². The van der Waals surface area contributed by atoms with Gasteiger partial charge in [-0.3, -0.25) is 24.0 Å². The first-order chi connectivity index (χ1) is 18.0. The molecule has 0 rings (SSSR count). The fraction of sp³-hybridized carbons (Fsp3) is 0.760. The van der Waals surface area contributed by atoms with Crippen LogP contribution in [0.1, 0.15) is 67.2 Å². The Labute approximate surface area is 228 Å². The lowest BCUT2D eigenvalue weighted by molar-refractivity contribution is -0.144. The van der Waals surface area contributed by atoms with Gasteiger partial charge in [0.2, 0.25) is 23.6 Å². The van der Waals surface area contributed by atoms with Crippen LogP contribution in [0.3, 0.4) is 0 Å². The van der Waals surface area contributed by atoms with Gasteiger partial charge in [-0.15, -0.1) is 0 Å². The van der Waals surface area contributed by atoms with Crippen molar-refractivity contribution in [3.05, 3.63) is 0 Å². The largest absolute Gasteiger partial charge is 0.481 e. The monoisotopic (exact) mass is 559 g/mol. The van der Waals surface area contributed by atoms with Crippen molar-refractivity contribution in [2.45, 2.75) is 97.4 Å². The van der Waals surface area contributed by atoms with Crippen molar-refractivity contribution < 1.29 is 44.1 Å². The van der Waals surface area contributed by atoms with Crippen molar-refractivity contribution in [1.29, 1.82) is 0 Å². The fourth-order valence-corrected chi connectivity index (χ4v) is 3.63. The van der Waals surface area contributed by atoms with Gasteiger partial charge in [-0.1, -0.05) is 48.0 Å². The van der Waals surface area contributed by atoms with Crippen LogP contribution in [0.25, 0.3) is 0 Å². The number of aliphatic hydroxyl groups is 1. The van der Waals surface area contributed by atoms with Crippen molar-refractivity contribution in [3.8, 4) is 0 Å². The minimum Gasteiger partial charge on any atom is -0.481 e. The molecular weight excluding hydrogens is 514 g/mol. The Morgan fingerprint density at radius 1 is 0.692 bits per heavy atom. The predicted octanol–water partition coefficient (Wildman–Crippen LogP) is -1.06. The molecule has 0 bridgehead atoms. The summed E-state index contributed by atoms with van der Waals surface area (Å²) >= 11 is 0. The van der Waals surface area contributed by atoms with E-state index in [0.717, 1.165) is 0 Å². The molecule has 0 aliphatic carbocycles. The highest BCUT2D eigenvalue weighted by Gasteiger charge is 2.34. The first kappa shape index (κ1) is 35.7. The molecular formula is C25H45N5O9. The Morgan fingerprint density at radius 3 is 1.59 bits per heavy atom. The number of rotatable bonds is 18. The standard InChI is InChI=1S/C25H45N5O9/c1-7-14(6)20(30-23(36)16(8-12(2)3)27-21(34)15(26)11-31)24(37)28-17(10-19(32)33)22(35)29-18(25(38)39)9-13(4)5/h12-18,20,31H,7-11,26H2,1-6H3,(H,27,34)(H,28,37)(H,29,35)(H,30,36)(H,32,33)(H,38,39)/t14-,15-,16-,17-,18-,20-/m0/s1. The van der Waals surface area contributed by atoms with Crippen LogP contribution in [0.5, 0.6) is 0 Å². The zero-order chi connectivity index (χ0) is 30.4. The second-order valence-electron chi connectivity index (χ2n) is 10.5. The zero-order valence-corrected chi connectivity index (χ0v) is 23.5. The number of hydrogen-bond acceptors (Lipinski definition) is 8. The summed E-state index contributed by atoms with van der Waals surface area (Å²) in [5.74, 6) is -6.61. The third kappa shape index (κ3) is 13.4. The number of aliphatic hydroxyl groups excluding tert-OH is 1. The molecule has 0 saturated carbocycles. The summed E-state index contributed by atoms with van der Waals surface area (Å²) < 4.78 is 0. The van der Waals surface area contributed by atoms with Crippen LogP contribution in [-0.2, 0) is 28.8 Å². The number of carboxylic acids is 2. The molecule has 14 heteroatoms. The Morgan fingerprint density at radius 2 is 1.15 bits per heavy atom. The van der Waals surface area contributed by atoms with E-state index in [1.807, 2.05) is 13.8 Å². The van der Waals surface area contributed by atoms with Crippen LogP contribution >= 0.6 is 0 Å². The maximum atomic E-state index is 13.2. The van der Waals surface area contributed by atoms with E-state index in [4.69, 9.17) is 10.8 Å². The van der Waals surface area contributed by atoms with Crippen LogP contribution in [0, 0.1) is 17.8 Å². The molecule has 9 N–H and O–H groups in total. The van der Waals surface area contributed by atoms with Crippen molar-refractivity contribution >= 4 is 35.6 Å². The average Bonchev–Trinajstić information content (AvgIpc) is 2.83. The number of aliphatic carboxylic acids is 2. The Bertz CT molecular complexity index is 865. The van der Waals surface area contributed by atoms with Gasteiger partial charge in [0.1, 0.15) is 30.2 Å². The Balaban J connectivity index is 5.89. The summed E-state index contributed by atoms with van der Waals surface area (Å²) in [4.78, 5) is 74.4. The quantitative estimate of drug-likeness (QED) is 0.101. The van der Waals surface area contributed by atoms with Gasteiger partial charge >= 0.3 is 11.9 Å². The summed E-state index contributed by atoms with van der Waals surface area (Å²) in [6, 6.07) is -6.44. The maximum absolute atomic E-state index is 13.2. The van der Waals surface area contributed by atoms with E-state index in [1.165, 1.54) is 0 Å². The van der Waals surface area contributed by atoms with E-state index in [1.54, 1.807) is 27.7 Å². The molecule has 0 spiro atoms. The van der Waals surface area contributed by atoms with E-state index < -0.39 is 84.7 Å². The van der Waals surface area contributed by atoms with Crippen molar-refractivity contribution in [2.75, 3.05) is 6.61 Å². The molecule has 0 fully saturated rings. The van der Waals surface area contributed by atoms with Gasteiger partial charge in [0.05, 0.1) is 13.0 Å². The molecule has 0 aromatic rings. The van der Waals surface area contributed by atoms with E-state index in [2.05, 4.69) is 21.3 Å². The number of hydrogen-bond donors (Lipinski definition) is 8. The lowest BCUT2D eigenvalue weighted by Crippen LogP contribution is -2.60. The normalized spacial score (nSPS) is 15.8. The highest BCUT2D eigenvalue weighted by atomic mass is 16.4. The molecule has 0 aliphatic rings. The number of nitrogens with two attached hydrogens (primary N) is 1. The number of carbonyl (C=O) groups is 6. The first-order valence-electron chi connectivity index (χ1n) is 13.1. The third-order valence-electron chi connectivity index (χ3n) is 6.00. The average molecular weight is 560 g/mol. The number of nitrogens with one attached hydrogen (secondary N) is 4. The van der Waals surface area contributed by atoms with Crippen LogP contribution in [0.2, 0.25) is 0 Å². The van der Waals surface area contributed by atoms with Crippen molar-refractivity contribution in [1.82, 2.24) is 21.3 Å². The van der Waals surface area contributed by atoms with Crippen LogP contribution in [0.15, 0.2) is 0 Å². The Hall–Kier alpha value is -3.26. The SMILES string of the molecule is CC[C@H](C)[C@H](NC(=O)[C@H](CC(C)C)NC(=O)[C@@H](N)CO)C(=O)N[C@@H](CC(=O)O)C(=O)N[C@@H](CC(C)C)C(=O)O. The topological polar surface area (TPSA) is 237 Å².